The van der Waals surface area contributed by atoms with Gasteiger partial charge in [-0.1, -0.05) is 19.8 Å². The third kappa shape index (κ3) is 3.97. The summed E-state index contributed by atoms with van der Waals surface area (Å²) in [6, 6.07) is 0.808. The van der Waals surface area contributed by atoms with E-state index in [0.29, 0.717) is 0 Å². The Labute approximate surface area is 88.4 Å². The number of methoxy groups -OCH3 is 1. The van der Waals surface area contributed by atoms with E-state index in [0.717, 1.165) is 25.1 Å². The van der Waals surface area contributed by atoms with Crippen molar-refractivity contribution < 1.29 is 4.74 Å². The van der Waals surface area contributed by atoms with Gasteiger partial charge in [0.1, 0.15) is 0 Å². The van der Waals surface area contributed by atoms with Gasteiger partial charge in [0.25, 0.3) is 0 Å². The molecule has 0 aromatic heterocycles. The first-order valence-electron chi connectivity index (χ1n) is 6.10. The number of hydrogen-bond donors (Lipinski definition) is 1. The van der Waals surface area contributed by atoms with Crippen LogP contribution in [-0.2, 0) is 4.74 Å². The van der Waals surface area contributed by atoms with Crippen LogP contribution >= 0.6 is 0 Å². The van der Waals surface area contributed by atoms with Crippen molar-refractivity contribution in [3.05, 3.63) is 0 Å². The van der Waals surface area contributed by atoms with Gasteiger partial charge in [-0.2, -0.15) is 0 Å². The summed E-state index contributed by atoms with van der Waals surface area (Å²) in [4.78, 5) is 0. The molecule has 0 aromatic rings. The maximum atomic E-state index is 5.07. The smallest absolute Gasteiger partial charge is 0.0462 e. The maximum absolute atomic E-state index is 5.07. The van der Waals surface area contributed by atoms with Crippen LogP contribution in [0.25, 0.3) is 0 Å². The third-order valence-electron chi connectivity index (χ3n) is 3.30. The van der Waals surface area contributed by atoms with Crippen molar-refractivity contribution >= 4 is 0 Å². The molecule has 0 aromatic carbocycles. The number of unbranched alkanes of at least 4 members (excludes halogenated alkanes) is 1. The van der Waals surface area contributed by atoms with Crippen molar-refractivity contribution in [2.45, 2.75) is 51.5 Å². The van der Waals surface area contributed by atoms with Gasteiger partial charge in [0.05, 0.1) is 0 Å². The Bertz CT molecular complexity index is 138. The van der Waals surface area contributed by atoms with Crippen LogP contribution in [0.15, 0.2) is 0 Å². The molecule has 2 heteroatoms. The Balaban J connectivity index is 2.09. The molecule has 0 saturated heterocycles. The molecule has 1 aliphatic carbocycles. The highest BCUT2D eigenvalue weighted by molar-refractivity contribution is 4.82. The van der Waals surface area contributed by atoms with Gasteiger partial charge in [0, 0.05) is 19.8 Å². The van der Waals surface area contributed by atoms with Crippen LogP contribution in [0.1, 0.15) is 45.4 Å². The van der Waals surface area contributed by atoms with Crippen LogP contribution in [0.2, 0.25) is 0 Å². The van der Waals surface area contributed by atoms with E-state index in [-0.39, 0.29) is 0 Å². The predicted octanol–water partition coefficient (Wildman–Crippen LogP) is 2.58. The molecule has 84 valence electrons. The second-order valence-corrected chi connectivity index (χ2v) is 4.34. The molecule has 1 saturated carbocycles. The van der Waals surface area contributed by atoms with Crippen LogP contribution in [0, 0.1) is 5.92 Å². The summed E-state index contributed by atoms with van der Waals surface area (Å²) in [5.74, 6) is 0.937. The summed E-state index contributed by atoms with van der Waals surface area (Å²) >= 11 is 0. The number of nitrogens with one attached hydrogen (secondary N) is 1. The van der Waals surface area contributed by atoms with E-state index in [1.807, 2.05) is 0 Å². The van der Waals surface area contributed by atoms with E-state index in [1.165, 1.54) is 38.5 Å². The Morgan fingerprint density at radius 2 is 2.14 bits per heavy atom. The van der Waals surface area contributed by atoms with Crippen LogP contribution in [-0.4, -0.2) is 26.3 Å². The van der Waals surface area contributed by atoms with Crippen molar-refractivity contribution in [1.29, 1.82) is 0 Å². The monoisotopic (exact) mass is 199 g/mol. The molecule has 0 heterocycles. The quantitative estimate of drug-likeness (QED) is 0.636. The van der Waals surface area contributed by atoms with E-state index >= 15 is 0 Å². The van der Waals surface area contributed by atoms with Crippen LogP contribution < -0.4 is 5.32 Å². The van der Waals surface area contributed by atoms with Gasteiger partial charge in [-0.25, -0.2) is 0 Å². The molecule has 0 amide bonds. The van der Waals surface area contributed by atoms with Crippen molar-refractivity contribution in [2.24, 2.45) is 5.92 Å². The molecule has 0 spiro atoms. The first kappa shape index (κ1) is 12.0. The molecule has 14 heavy (non-hydrogen) atoms. The summed E-state index contributed by atoms with van der Waals surface area (Å²) in [7, 11) is 1.79. The van der Waals surface area contributed by atoms with Gasteiger partial charge in [-0.15, -0.1) is 0 Å². The van der Waals surface area contributed by atoms with Gasteiger partial charge in [0.2, 0.25) is 0 Å². The fraction of sp³-hybridized carbons (Fsp3) is 1.00. The predicted molar refractivity (Wildman–Crippen MR) is 60.5 cm³/mol. The van der Waals surface area contributed by atoms with E-state index in [1.54, 1.807) is 7.11 Å². The fourth-order valence-electron chi connectivity index (χ4n) is 2.57. The maximum Gasteiger partial charge on any atom is 0.0462 e. The van der Waals surface area contributed by atoms with E-state index < -0.39 is 0 Å². The highest BCUT2D eigenvalue weighted by Crippen LogP contribution is 2.29. The Hall–Kier alpha value is -0.0800. The standard InChI is InChI=1S/C12H25NO/c1-3-13-12-9-6-8-11(12)7-4-5-10-14-2/h11-13H,3-10H2,1-2H3. The lowest BCUT2D eigenvalue weighted by atomic mass is 9.97. The zero-order chi connectivity index (χ0) is 10.2. The van der Waals surface area contributed by atoms with Gasteiger partial charge in [0.15, 0.2) is 0 Å². The molecule has 2 atom stereocenters. The van der Waals surface area contributed by atoms with Crippen molar-refractivity contribution in [3.63, 3.8) is 0 Å². The molecule has 0 radical (unpaired) electrons. The Morgan fingerprint density at radius 1 is 1.29 bits per heavy atom. The minimum atomic E-state index is 0.808. The van der Waals surface area contributed by atoms with Gasteiger partial charge >= 0.3 is 0 Å². The largest absolute Gasteiger partial charge is 0.385 e. The normalized spacial score (nSPS) is 27.0. The first-order chi connectivity index (χ1) is 6.88. The lowest BCUT2D eigenvalue weighted by Crippen LogP contribution is -2.32. The van der Waals surface area contributed by atoms with E-state index in [4.69, 9.17) is 4.74 Å². The molecule has 1 aliphatic rings. The molecular formula is C12H25NO. The molecule has 0 aliphatic heterocycles. The number of rotatable bonds is 7. The Kier molecular flexibility index (Phi) is 6.20. The lowest BCUT2D eigenvalue weighted by Gasteiger charge is -2.20. The summed E-state index contributed by atoms with van der Waals surface area (Å²) in [5, 5.41) is 3.60. The summed E-state index contributed by atoms with van der Waals surface area (Å²) in [6.45, 7) is 4.26. The number of hydrogen-bond acceptors (Lipinski definition) is 2. The molecule has 2 nitrogen and oxygen atoms in total. The summed E-state index contributed by atoms with van der Waals surface area (Å²) in [5.41, 5.74) is 0. The Morgan fingerprint density at radius 3 is 2.86 bits per heavy atom. The first-order valence-corrected chi connectivity index (χ1v) is 6.10. The highest BCUT2D eigenvalue weighted by atomic mass is 16.5. The molecule has 0 bridgehead atoms. The van der Waals surface area contributed by atoms with Crippen LogP contribution in [0.5, 0.6) is 0 Å². The van der Waals surface area contributed by atoms with Gasteiger partial charge in [-0.3, -0.25) is 0 Å². The van der Waals surface area contributed by atoms with Crippen molar-refractivity contribution in [2.75, 3.05) is 20.3 Å². The second-order valence-electron chi connectivity index (χ2n) is 4.34. The van der Waals surface area contributed by atoms with Gasteiger partial charge in [-0.05, 0) is 38.1 Å². The van der Waals surface area contributed by atoms with Crippen molar-refractivity contribution in [3.8, 4) is 0 Å². The van der Waals surface area contributed by atoms with Crippen LogP contribution in [0.4, 0.5) is 0 Å². The average Bonchev–Trinajstić information content (AvgIpc) is 2.61. The minimum Gasteiger partial charge on any atom is -0.385 e. The van der Waals surface area contributed by atoms with Crippen molar-refractivity contribution in [1.82, 2.24) is 5.32 Å². The topological polar surface area (TPSA) is 21.3 Å². The second kappa shape index (κ2) is 7.24. The number of ether oxygens (including phenoxy) is 1. The van der Waals surface area contributed by atoms with Gasteiger partial charge < -0.3 is 10.1 Å². The van der Waals surface area contributed by atoms with Crippen LogP contribution in [0.3, 0.4) is 0 Å². The van der Waals surface area contributed by atoms with E-state index in [2.05, 4.69) is 12.2 Å². The fourth-order valence-corrected chi connectivity index (χ4v) is 2.57. The molecule has 1 N–H and O–H groups in total. The van der Waals surface area contributed by atoms with E-state index in [9.17, 15) is 0 Å². The SMILES string of the molecule is CCNC1CCCC1CCCCOC. The highest BCUT2D eigenvalue weighted by Gasteiger charge is 2.25. The summed E-state index contributed by atoms with van der Waals surface area (Å²) in [6.07, 6.45) is 8.20. The molecule has 2 unspecified atom stereocenters. The minimum absolute atomic E-state index is 0.808. The average molecular weight is 199 g/mol. The zero-order valence-corrected chi connectivity index (χ0v) is 9.72. The molecule has 1 rings (SSSR count). The third-order valence-corrected chi connectivity index (χ3v) is 3.30. The lowest BCUT2D eigenvalue weighted by molar-refractivity contribution is 0.189. The molecule has 1 fully saturated rings. The molecular weight excluding hydrogens is 174 g/mol. The summed E-state index contributed by atoms with van der Waals surface area (Å²) < 4.78 is 5.07. The zero-order valence-electron chi connectivity index (χ0n) is 9.72.